The summed E-state index contributed by atoms with van der Waals surface area (Å²) in [4.78, 5) is 12.8. The molecule has 0 radical (unpaired) electrons. The van der Waals surface area contributed by atoms with E-state index < -0.39 is 34.8 Å². The highest BCUT2D eigenvalue weighted by Gasteiger charge is 2.32. The van der Waals surface area contributed by atoms with Crippen molar-refractivity contribution in [3.05, 3.63) is 76.3 Å². The number of halogens is 6. The molecule has 0 unspecified atom stereocenters. The van der Waals surface area contributed by atoms with Gasteiger partial charge in [0.2, 0.25) is 0 Å². The normalized spacial score (nSPS) is 11.6. The largest absolute Gasteiger partial charge is 0.453 e. The van der Waals surface area contributed by atoms with E-state index >= 15 is 0 Å². The number of alkyl halides is 3. The van der Waals surface area contributed by atoms with E-state index in [4.69, 9.17) is 22.1 Å². The number of nitrogens with two attached hydrogens (primary N) is 1. The van der Waals surface area contributed by atoms with E-state index in [0.29, 0.717) is 17.6 Å². The maximum atomic E-state index is 13.8. The van der Waals surface area contributed by atoms with Crippen molar-refractivity contribution < 1.29 is 31.5 Å². The van der Waals surface area contributed by atoms with Crippen molar-refractivity contribution in [1.82, 2.24) is 9.78 Å². The molecule has 1 aromatic heterocycles. The molecule has 0 atom stereocenters. The van der Waals surface area contributed by atoms with Gasteiger partial charge in [-0.05, 0) is 42.5 Å². The summed E-state index contributed by atoms with van der Waals surface area (Å²) in [5, 5.41) is 6.74. The molecule has 4 aromatic rings. The van der Waals surface area contributed by atoms with Crippen molar-refractivity contribution in [2.45, 2.75) is 6.18 Å². The lowest BCUT2D eigenvalue weighted by molar-refractivity contribution is -0.137. The van der Waals surface area contributed by atoms with Crippen LogP contribution in [0.3, 0.4) is 0 Å². The Morgan fingerprint density at radius 2 is 1.82 bits per heavy atom. The number of nitrogens with zero attached hydrogens (tertiary/aromatic N) is 2. The highest BCUT2D eigenvalue weighted by Crippen LogP contribution is 2.42. The Morgan fingerprint density at radius 3 is 2.53 bits per heavy atom. The van der Waals surface area contributed by atoms with Crippen LogP contribution in [-0.2, 0) is 13.2 Å². The summed E-state index contributed by atoms with van der Waals surface area (Å²) in [6, 6.07) is 7.72. The number of anilines is 2. The van der Waals surface area contributed by atoms with Crippen molar-refractivity contribution in [1.29, 1.82) is 0 Å². The van der Waals surface area contributed by atoms with Crippen molar-refractivity contribution in [2.75, 3.05) is 11.1 Å². The fourth-order valence-corrected chi connectivity index (χ4v) is 3.46. The van der Waals surface area contributed by atoms with Gasteiger partial charge in [-0.15, -0.1) is 0 Å². The van der Waals surface area contributed by atoms with Crippen molar-refractivity contribution >= 4 is 39.9 Å². The highest BCUT2D eigenvalue weighted by molar-refractivity contribution is 6.32. The molecule has 0 spiro atoms. The fraction of sp³-hybridized carbons (Fsp3) is 0.0909. The number of carbonyl (C=O) groups excluding carboxylic acids is 1. The van der Waals surface area contributed by atoms with Gasteiger partial charge >= 0.3 is 6.18 Å². The first-order valence-electron chi connectivity index (χ1n) is 9.51. The lowest BCUT2D eigenvalue weighted by atomic mass is 10.1. The van der Waals surface area contributed by atoms with E-state index in [-0.39, 0.29) is 39.5 Å². The third kappa shape index (κ3) is 4.46. The Bertz CT molecular complexity index is 1440. The van der Waals surface area contributed by atoms with Gasteiger partial charge in [0.05, 0.1) is 27.2 Å². The molecule has 6 nitrogen and oxygen atoms in total. The van der Waals surface area contributed by atoms with E-state index in [1.807, 2.05) is 0 Å². The van der Waals surface area contributed by atoms with Crippen LogP contribution in [0, 0.1) is 11.6 Å². The molecular weight excluding hydrogens is 483 g/mol. The van der Waals surface area contributed by atoms with Crippen LogP contribution < -0.4 is 15.8 Å². The standard InChI is InChI=1S/C22H14ClF5N4O2/c1-32-16-5-4-15(30-21(33)10-6-11(22(26,27)28)8-13(25)7-10)19(18(16)20(29)31-32)34-17-9-12(24)2-3-14(17)23/h2-9H,1H3,(H2,29,31)(H,30,33). The first-order valence-corrected chi connectivity index (χ1v) is 9.89. The second-order valence-electron chi connectivity index (χ2n) is 7.20. The van der Waals surface area contributed by atoms with Crippen LogP contribution >= 0.6 is 11.6 Å². The Hall–Kier alpha value is -3.86. The van der Waals surface area contributed by atoms with E-state index in [1.54, 1.807) is 7.05 Å². The number of benzene rings is 3. The number of aryl methyl sites for hydroxylation is 1. The van der Waals surface area contributed by atoms with Gasteiger partial charge in [-0.2, -0.15) is 18.3 Å². The summed E-state index contributed by atoms with van der Waals surface area (Å²) < 4.78 is 73.9. The molecule has 0 bridgehead atoms. The lowest BCUT2D eigenvalue weighted by Gasteiger charge is -2.15. The van der Waals surface area contributed by atoms with Crippen LogP contribution in [0.5, 0.6) is 11.5 Å². The second-order valence-corrected chi connectivity index (χ2v) is 7.61. The summed E-state index contributed by atoms with van der Waals surface area (Å²) in [6.45, 7) is 0. The number of hydrogen-bond acceptors (Lipinski definition) is 4. The topological polar surface area (TPSA) is 82.2 Å². The minimum atomic E-state index is -4.86. The third-order valence-corrected chi connectivity index (χ3v) is 5.15. The number of aromatic nitrogens is 2. The van der Waals surface area contributed by atoms with Gasteiger partial charge < -0.3 is 15.8 Å². The van der Waals surface area contributed by atoms with E-state index in [1.165, 1.54) is 22.9 Å². The average molecular weight is 497 g/mol. The minimum absolute atomic E-state index is 0.00115. The highest BCUT2D eigenvalue weighted by atomic mass is 35.5. The summed E-state index contributed by atoms with van der Waals surface area (Å²) in [6.07, 6.45) is -4.86. The molecule has 0 aliphatic rings. The van der Waals surface area contributed by atoms with Gasteiger partial charge in [0.25, 0.3) is 5.91 Å². The van der Waals surface area contributed by atoms with Crippen LogP contribution in [0.2, 0.25) is 5.02 Å². The van der Waals surface area contributed by atoms with Crippen LogP contribution in [0.15, 0.2) is 48.5 Å². The predicted molar refractivity (Wildman–Crippen MR) is 116 cm³/mol. The number of hydrogen-bond donors (Lipinski definition) is 2. The van der Waals surface area contributed by atoms with Gasteiger partial charge in [0, 0.05) is 18.7 Å². The van der Waals surface area contributed by atoms with Crippen LogP contribution in [0.25, 0.3) is 10.9 Å². The quantitative estimate of drug-likeness (QED) is 0.332. The molecule has 0 saturated heterocycles. The van der Waals surface area contributed by atoms with E-state index in [0.717, 1.165) is 12.1 Å². The smallest absolute Gasteiger partial charge is 0.416 e. The molecule has 4 rings (SSSR count). The maximum Gasteiger partial charge on any atom is 0.416 e. The Labute approximate surface area is 193 Å². The SMILES string of the molecule is Cn1nc(N)c2c(Oc3cc(F)ccc3Cl)c(NC(=O)c3cc(F)cc(C(F)(F)F)c3)ccc21. The van der Waals surface area contributed by atoms with Crippen LogP contribution in [0.1, 0.15) is 15.9 Å². The molecule has 1 heterocycles. The average Bonchev–Trinajstić information content (AvgIpc) is 3.04. The number of rotatable bonds is 4. The first kappa shape index (κ1) is 23.3. The number of nitrogen functional groups attached to an aromatic ring is 1. The zero-order valence-corrected chi connectivity index (χ0v) is 17.9. The summed E-state index contributed by atoms with van der Waals surface area (Å²) in [5.41, 5.74) is 4.51. The van der Waals surface area contributed by atoms with Gasteiger partial charge in [-0.1, -0.05) is 11.6 Å². The monoisotopic (exact) mass is 496 g/mol. The second kappa shape index (κ2) is 8.49. The molecule has 0 aliphatic heterocycles. The molecule has 12 heteroatoms. The van der Waals surface area contributed by atoms with Crippen LogP contribution in [0.4, 0.5) is 33.5 Å². The Kier molecular flexibility index (Phi) is 5.82. The summed E-state index contributed by atoms with van der Waals surface area (Å²) in [5.74, 6) is -3.15. The third-order valence-electron chi connectivity index (χ3n) is 4.84. The summed E-state index contributed by atoms with van der Waals surface area (Å²) in [7, 11) is 1.60. The number of ether oxygens (including phenoxy) is 1. The fourth-order valence-electron chi connectivity index (χ4n) is 3.30. The molecule has 176 valence electrons. The van der Waals surface area contributed by atoms with E-state index in [2.05, 4.69) is 10.4 Å². The van der Waals surface area contributed by atoms with Gasteiger partial charge in [-0.25, -0.2) is 8.78 Å². The molecule has 3 aromatic carbocycles. The van der Waals surface area contributed by atoms with Crippen molar-refractivity contribution in [2.24, 2.45) is 7.05 Å². The molecule has 3 N–H and O–H groups in total. The van der Waals surface area contributed by atoms with Gasteiger partial charge in [0.1, 0.15) is 17.4 Å². The Balaban J connectivity index is 1.81. The lowest BCUT2D eigenvalue weighted by Crippen LogP contribution is -2.15. The number of nitrogens with one attached hydrogen (secondary N) is 1. The van der Waals surface area contributed by atoms with Crippen LogP contribution in [-0.4, -0.2) is 15.7 Å². The number of amides is 1. The molecule has 1 amide bonds. The number of carbonyl (C=O) groups is 1. The van der Waals surface area contributed by atoms with Crippen molar-refractivity contribution in [3.63, 3.8) is 0 Å². The zero-order valence-electron chi connectivity index (χ0n) is 17.2. The Morgan fingerprint density at radius 1 is 1.09 bits per heavy atom. The number of fused-ring (bicyclic) bond motifs is 1. The van der Waals surface area contributed by atoms with Gasteiger partial charge in [0.15, 0.2) is 11.6 Å². The molecular formula is C22H14ClF5N4O2. The minimum Gasteiger partial charge on any atom is -0.453 e. The predicted octanol–water partition coefficient (Wildman–Crippen LogP) is 6.15. The molecule has 0 saturated carbocycles. The molecule has 34 heavy (non-hydrogen) atoms. The maximum absolute atomic E-state index is 13.8. The first-order chi connectivity index (χ1) is 15.9. The van der Waals surface area contributed by atoms with E-state index in [9.17, 15) is 26.7 Å². The molecule has 0 aliphatic carbocycles. The van der Waals surface area contributed by atoms with Crippen molar-refractivity contribution in [3.8, 4) is 11.5 Å². The summed E-state index contributed by atoms with van der Waals surface area (Å²) >= 11 is 6.09. The molecule has 0 fully saturated rings. The zero-order chi connectivity index (χ0) is 24.8. The van der Waals surface area contributed by atoms with Gasteiger partial charge in [-0.3, -0.25) is 9.48 Å².